The number of anilines is 1. The third-order valence-corrected chi connectivity index (χ3v) is 3.26. The number of rotatable bonds is 6. The molecule has 0 spiro atoms. The van der Waals surface area contributed by atoms with Crippen LogP contribution in [0, 0.1) is 17.0 Å². The molecule has 1 aromatic carbocycles. The second-order valence-corrected chi connectivity index (χ2v) is 4.70. The van der Waals surface area contributed by atoms with Gasteiger partial charge in [0.25, 0.3) is 5.69 Å². The van der Waals surface area contributed by atoms with Crippen molar-refractivity contribution in [2.75, 3.05) is 23.4 Å². The molecular weight excluding hydrogens is 254 g/mol. The van der Waals surface area contributed by atoms with E-state index >= 15 is 0 Å². The zero-order valence-corrected chi connectivity index (χ0v) is 10.8. The monoisotopic (exact) mass is 269 g/mol. The molecule has 0 heterocycles. The van der Waals surface area contributed by atoms with Crippen molar-refractivity contribution < 1.29 is 9.72 Å². The highest BCUT2D eigenvalue weighted by atomic mass is 32.2. The summed E-state index contributed by atoms with van der Waals surface area (Å²) in [7, 11) is 0. The Morgan fingerprint density at radius 1 is 1.56 bits per heavy atom. The third-order valence-electron chi connectivity index (χ3n) is 2.27. The van der Waals surface area contributed by atoms with Gasteiger partial charge in [0.1, 0.15) is 0 Å². The summed E-state index contributed by atoms with van der Waals surface area (Å²) in [6.45, 7) is 2.13. The molecule has 0 bridgehead atoms. The van der Waals surface area contributed by atoms with Crippen molar-refractivity contribution in [3.63, 3.8) is 0 Å². The maximum Gasteiger partial charge on any atom is 0.274 e. The predicted octanol–water partition coefficient (Wildman–Crippen LogP) is 1.53. The Morgan fingerprint density at radius 3 is 2.89 bits per heavy atom. The van der Waals surface area contributed by atoms with Crippen LogP contribution in [0.15, 0.2) is 18.2 Å². The molecule has 1 rings (SSSR count). The van der Waals surface area contributed by atoms with E-state index in [0.717, 1.165) is 0 Å². The molecule has 0 aliphatic carbocycles. The Kier molecular flexibility index (Phi) is 5.60. The van der Waals surface area contributed by atoms with Crippen molar-refractivity contribution in [3.8, 4) is 0 Å². The smallest absolute Gasteiger partial charge is 0.274 e. The maximum atomic E-state index is 11.6. The SMILES string of the molecule is Cc1c(NC(=O)CSCCN)cccc1[N+](=O)[O-]. The summed E-state index contributed by atoms with van der Waals surface area (Å²) in [6, 6.07) is 4.61. The molecule has 0 aromatic heterocycles. The number of nitrogens with two attached hydrogens (primary N) is 1. The van der Waals surface area contributed by atoms with Crippen molar-refractivity contribution in [2.24, 2.45) is 5.73 Å². The number of nitrogens with zero attached hydrogens (tertiary/aromatic N) is 1. The molecule has 7 heteroatoms. The van der Waals surface area contributed by atoms with Gasteiger partial charge in [-0.1, -0.05) is 6.07 Å². The Hall–Kier alpha value is -1.60. The van der Waals surface area contributed by atoms with Crippen LogP contribution in [0.4, 0.5) is 11.4 Å². The summed E-state index contributed by atoms with van der Waals surface area (Å²) in [5.41, 5.74) is 6.25. The average molecular weight is 269 g/mol. The van der Waals surface area contributed by atoms with Crippen LogP contribution in [-0.4, -0.2) is 28.9 Å². The molecule has 0 radical (unpaired) electrons. The molecule has 0 aliphatic heterocycles. The first kappa shape index (κ1) is 14.5. The van der Waals surface area contributed by atoms with Crippen LogP contribution in [0.5, 0.6) is 0 Å². The van der Waals surface area contributed by atoms with Crippen LogP contribution in [-0.2, 0) is 4.79 Å². The Balaban J connectivity index is 2.70. The number of nitrogens with one attached hydrogen (secondary N) is 1. The molecule has 6 nitrogen and oxygen atoms in total. The van der Waals surface area contributed by atoms with Crippen LogP contribution in [0.1, 0.15) is 5.56 Å². The van der Waals surface area contributed by atoms with Gasteiger partial charge in [-0.25, -0.2) is 0 Å². The zero-order valence-electron chi connectivity index (χ0n) is 10.0. The van der Waals surface area contributed by atoms with Gasteiger partial charge in [0, 0.05) is 18.4 Å². The van der Waals surface area contributed by atoms with E-state index in [1.807, 2.05) is 0 Å². The van der Waals surface area contributed by atoms with Crippen LogP contribution in [0.25, 0.3) is 0 Å². The maximum absolute atomic E-state index is 11.6. The first-order chi connectivity index (χ1) is 8.56. The molecule has 1 aromatic rings. The van der Waals surface area contributed by atoms with E-state index in [2.05, 4.69) is 5.32 Å². The largest absolute Gasteiger partial charge is 0.330 e. The molecule has 0 fully saturated rings. The van der Waals surface area contributed by atoms with Crippen LogP contribution in [0.3, 0.4) is 0 Å². The highest BCUT2D eigenvalue weighted by Crippen LogP contribution is 2.25. The average Bonchev–Trinajstić information content (AvgIpc) is 2.32. The zero-order chi connectivity index (χ0) is 13.5. The van der Waals surface area contributed by atoms with E-state index in [1.165, 1.54) is 17.8 Å². The predicted molar refractivity (Wildman–Crippen MR) is 72.8 cm³/mol. The van der Waals surface area contributed by atoms with E-state index in [0.29, 0.717) is 29.3 Å². The normalized spacial score (nSPS) is 10.1. The lowest BCUT2D eigenvalue weighted by Gasteiger charge is -2.08. The minimum absolute atomic E-state index is 0.00223. The lowest BCUT2D eigenvalue weighted by Crippen LogP contribution is -2.16. The second-order valence-electron chi connectivity index (χ2n) is 3.60. The second kappa shape index (κ2) is 6.97. The van der Waals surface area contributed by atoms with Crippen LogP contribution >= 0.6 is 11.8 Å². The van der Waals surface area contributed by atoms with Gasteiger partial charge in [-0.2, -0.15) is 11.8 Å². The van der Waals surface area contributed by atoms with Gasteiger partial charge in [-0.3, -0.25) is 14.9 Å². The number of amides is 1. The molecule has 1 amide bonds. The lowest BCUT2D eigenvalue weighted by atomic mass is 10.1. The van der Waals surface area contributed by atoms with E-state index < -0.39 is 4.92 Å². The summed E-state index contributed by atoms with van der Waals surface area (Å²) < 4.78 is 0. The van der Waals surface area contributed by atoms with Crippen LogP contribution in [0.2, 0.25) is 0 Å². The van der Waals surface area contributed by atoms with Gasteiger partial charge in [-0.15, -0.1) is 0 Å². The minimum Gasteiger partial charge on any atom is -0.330 e. The molecule has 0 aliphatic rings. The number of nitro groups is 1. The van der Waals surface area contributed by atoms with Gasteiger partial charge in [0.15, 0.2) is 0 Å². The van der Waals surface area contributed by atoms with Gasteiger partial charge < -0.3 is 11.1 Å². The number of carbonyl (C=O) groups excluding carboxylic acids is 1. The number of thioether (sulfide) groups is 1. The minimum atomic E-state index is -0.464. The standard InChI is InChI=1S/C11H15N3O3S/c1-8-9(3-2-4-10(8)14(16)17)13-11(15)7-18-6-5-12/h2-4H,5-7,12H2,1H3,(H,13,15). The molecule has 98 valence electrons. The van der Waals surface area contributed by atoms with E-state index in [-0.39, 0.29) is 11.6 Å². The summed E-state index contributed by atoms with van der Waals surface area (Å²) in [5.74, 6) is 0.817. The molecular formula is C11H15N3O3S. The van der Waals surface area contributed by atoms with E-state index in [9.17, 15) is 14.9 Å². The first-order valence-corrected chi connectivity index (χ1v) is 6.53. The molecule has 0 atom stereocenters. The highest BCUT2D eigenvalue weighted by molar-refractivity contribution is 7.99. The Labute approximate surface area is 109 Å². The summed E-state index contributed by atoms with van der Waals surface area (Å²) in [6.07, 6.45) is 0. The fraction of sp³-hybridized carbons (Fsp3) is 0.364. The van der Waals surface area contributed by atoms with Crippen LogP contribution < -0.4 is 11.1 Å². The summed E-state index contributed by atoms with van der Waals surface area (Å²) >= 11 is 1.43. The van der Waals surface area contributed by atoms with Gasteiger partial charge >= 0.3 is 0 Å². The summed E-state index contributed by atoms with van der Waals surface area (Å²) in [4.78, 5) is 21.9. The quantitative estimate of drug-likeness (QED) is 0.463. The first-order valence-electron chi connectivity index (χ1n) is 5.38. The van der Waals surface area contributed by atoms with E-state index in [4.69, 9.17) is 5.73 Å². The number of hydrogen-bond acceptors (Lipinski definition) is 5. The number of carbonyl (C=O) groups is 1. The van der Waals surface area contributed by atoms with Gasteiger partial charge in [0.05, 0.1) is 21.9 Å². The number of nitro benzene ring substituents is 1. The molecule has 0 unspecified atom stereocenters. The number of benzene rings is 1. The molecule has 3 N–H and O–H groups in total. The lowest BCUT2D eigenvalue weighted by molar-refractivity contribution is -0.385. The van der Waals surface area contributed by atoms with Crippen molar-refractivity contribution in [1.82, 2.24) is 0 Å². The fourth-order valence-electron chi connectivity index (χ4n) is 1.39. The topological polar surface area (TPSA) is 98.3 Å². The molecule has 0 saturated heterocycles. The third kappa shape index (κ3) is 4.01. The molecule has 18 heavy (non-hydrogen) atoms. The fourth-order valence-corrected chi connectivity index (χ4v) is 1.96. The van der Waals surface area contributed by atoms with Crippen molar-refractivity contribution >= 4 is 29.0 Å². The van der Waals surface area contributed by atoms with Gasteiger partial charge in [0.2, 0.25) is 5.91 Å². The Morgan fingerprint density at radius 2 is 2.28 bits per heavy atom. The van der Waals surface area contributed by atoms with Crippen molar-refractivity contribution in [1.29, 1.82) is 0 Å². The summed E-state index contributed by atoms with van der Waals surface area (Å²) in [5, 5.41) is 13.4. The Bertz CT molecular complexity index is 451. The van der Waals surface area contributed by atoms with Gasteiger partial charge in [-0.05, 0) is 13.0 Å². The van der Waals surface area contributed by atoms with Crippen molar-refractivity contribution in [3.05, 3.63) is 33.9 Å². The molecule has 0 saturated carbocycles. The number of hydrogen-bond donors (Lipinski definition) is 2. The highest BCUT2D eigenvalue weighted by Gasteiger charge is 2.14. The van der Waals surface area contributed by atoms with Crippen molar-refractivity contribution in [2.45, 2.75) is 6.92 Å². The van der Waals surface area contributed by atoms with E-state index in [1.54, 1.807) is 19.1 Å².